The average Bonchev–Trinajstić information content (AvgIpc) is 2.97. The molecule has 1 aromatic heterocycles. The summed E-state index contributed by atoms with van der Waals surface area (Å²) in [4.78, 5) is 25.6. The summed E-state index contributed by atoms with van der Waals surface area (Å²) in [5.74, 6) is 1.54. The number of likely N-dealkylation sites (tertiary alicyclic amines) is 1. The van der Waals surface area contributed by atoms with E-state index in [0.717, 1.165) is 36.6 Å². The monoisotopic (exact) mass is 332 g/mol. The highest BCUT2D eigenvalue weighted by Crippen LogP contribution is 2.39. The van der Waals surface area contributed by atoms with E-state index < -0.39 is 0 Å². The molecule has 0 aromatic carbocycles. The third-order valence-corrected chi connectivity index (χ3v) is 5.03. The van der Waals surface area contributed by atoms with Crippen molar-refractivity contribution in [3.63, 3.8) is 0 Å². The van der Waals surface area contributed by atoms with Crippen molar-refractivity contribution < 1.29 is 9.53 Å². The Morgan fingerprint density at radius 1 is 1.46 bits per heavy atom. The smallest absolute Gasteiger partial charge is 0.225 e. The molecule has 3 rings (SSSR count). The van der Waals surface area contributed by atoms with Crippen LogP contribution in [0, 0.1) is 5.92 Å². The van der Waals surface area contributed by atoms with Crippen molar-refractivity contribution >= 4 is 11.9 Å². The van der Waals surface area contributed by atoms with Gasteiger partial charge in [-0.05, 0) is 18.8 Å². The summed E-state index contributed by atoms with van der Waals surface area (Å²) < 4.78 is 5.83. The normalized spacial score (nSPS) is 23.0. The predicted molar refractivity (Wildman–Crippen MR) is 93.0 cm³/mol. The second kappa shape index (κ2) is 6.67. The van der Waals surface area contributed by atoms with Crippen LogP contribution in [0.2, 0.25) is 0 Å². The van der Waals surface area contributed by atoms with Crippen LogP contribution in [0.3, 0.4) is 0 Å². The van der Waals surface area contributed by atoms with Crippen LogP contribution < -0.4 is 4.90 Å². The number of carbonyl (C=O) groups is 1. The van der Waals surface area contributed by atoms with Crippen molar-refractivity contribution in [1.29, 1.82) is 0 Å². The van der Waals surface area contributed by atoms with E-state index >= 15 is 0 Å². The fourth-order valence-electron chi connectivity index (χ4n) is 3.57. The Morgan fingerprint density at radius 3 is 2.96 bits per heavy atom. The van der Waals surface area contributed by atoms with E-state index in [4.69, 9.17) is 9.72 Å². The minimum atomic E-state index is -0.172. The first kappa shape index (κ1) is 17.1. The Morgan fingerprint density at radius 2 is 2.25 bits per heavy atom. The van der Waals surface area contributed by atoms with Crippen molar-refractivity contribution in [1.82, 2.24) is 14.9 Å². The van der Waals surface area contributed by atoms with Crippen molar-refractivity contribution in [2.75, 3.05) is 38.7 Å². The van der Waals surface area contributed by atoms with Gasteiger partial charge in [-0.25, -0.2) is 9.97 Å². The summed E-state index contributed by atoms with van der Waals surface area (Å²) in [5, 5.41) is 0. The van der Waals surface area contributed by atoms with Gasteiger partial charge in [0.2, 0.25) is 11.9 Å². The summed E-state index contributed by atoms with van der Waals surface area (Å²) in [6, 6.07) is 0. The van der Waals surface area contributed by atoms with Gasteiger partial charge in [-0.1, -0.05) is 13.8 Å². The van der Waals surface area contributed by atoms with Crippen LogP contribution in [-0.4, -0.2) is 54.6 Å². The molecule has 1 aromatic rings. The molecular weight excluding hydrogens is 304 g/mol. The fraction of sp³-hybridized carbons (Fsp3) is 0.722. The van der Waals surface area contributed by atoms with Gasteiger partial charge in [0.15, 0.2) is 0 Å². The second-order valence-corrected chi connectivity index (χ2v) is 7.71. The van der Waals surface area contributed by atoms with Gasteiger partial charge in [0.1, 0.15) is 0 Å². The first-order chi connectivity index (χ1) is 11.4. The van der Waals surface area contributed by atoms with Crippen LogP contribution >= 0.6 is 0 Å². The minimum Gasteiger partial charge on any atom is -0.376 e. The SMILES string of the molecule is CC(C)CCC(=O)N1CC[C@@]2(COCc3cnc(N(C)C)nc32)C1. The Hall–Kier alpha value is -1.69. The number of hydrogen-bond donors (Lipinski definition) is 0. The first-order valence-electron chi connectivity index (χ1n) is 8.80. The molecule has 132 valence electrons. The molecule has 0 bridgehead atoms. The molecule has 2 aliphatic heterocycles. The quantitative estimate of drug-likeness (QED) is 0.844. The Kier molecular flexibility index (Phi) is 4.76. The zero-order chi connectivity index (χ0) is 17.3. The van der Waals surface area contributed by atoms with Gasteiger partial charge in [-0.3, -0.25) is 4.79 Å². The standard InChI is InChI=1S/C18H28N4O2/c1-13(2)5-6-15(23)22-8-7-18(11-22)12-24-10-14-9-19-17(21(3)4)20-16(14)18/h9,13H,5-8,10-12H2,1-4H3/t18-/m0/s1. The van der Waals surface area contributed by atoms with E-state index in [-0.39, 0.29) is 11.3 Å². The average molecular weight is 332 g/mol. The molecule has 0 unspecified atom stereocenters. The van der Waals surface area contributed by atoms with Crippen LogP contribution in [0.15, 0.2) is 6.20 Å². The Bertz CT molecular complexity index is 617. The Balaban J connectivity index is 1.81. The van der Waals surface area contributed by atoms with E-state index in [1.807, 2.05) is 30.1 Å². The van der Waals surface area contributed by atoms with E-state index in [9.17, 15) is 4.79 Å². The van der Waals surface area contributed by atoms with Crippen LogP contribution in [0.4, 0.5) is 5.95 Å². The minimum absolute atomic E-state index is 0.172. The summed E-state index contributed by atoms with van der Waals surface area (Å²) in [5.41, 5.74) is 1.96. The van der Waals surface area contributed by atoms with E-state index in [1.165, 1.54) is 0 Å². The number of rotatable bonds is 4. The van der Waals surface area contributed by atoms with Crippen LogP contribution in [0.5, 0.6) is 0 Å². The van der Waals surface area contributed by atoms with Gasteiger partial charge in [0.05, 0.1) is 24.3 Å². The number of nitrogens with zero attached hydrogens (tertiary/aromatic N) is 4. The lowest BCUT2D eigenvalue weighted by molar-refractivity contribution is -0.130. The number of carbonyl (C=O) groups excluding carboxylic acids is 1. The molecule has 2 aliphatic rings. The van der Waals surface area contributed by atoms with Gasteiger partial charge in [-0.15, -0.1) is 0 Å². The molecule has 1 atom stereocenters. The molecule has 0 saturated carbocycles. The van der Waals surface area contributed by atoms with Crippen LogP contribution in [0.1, 0.15) is 44.4 Å². The number of ether oxygens (including phenoxy) is 1. The van der Waals surface area contributed by atoms with Gasteiger partial charge >= 0.3 is 0 Å². The number of anilines is 1. The number of fused-ring (bicyclic) bond motifs is 2. The lowest BCUT2D eigenvalue weighted by atomic mass is 9.80. The zero-order valence-corrected chi connectivity index (χ0v) is 15.2. The molecule has 6 heteroatoms. The summed E-state index contributed by atoms with van der Waals surface area (Å²) in [6.45, 7) is 7.01. The number of hydrogen-bond acceptors (Lipinski definition) is 5. The molecule has 0 N–H and O–H groups in total. The highest BCUT2D eigenvalue weighted by molar-refractivity contribution is 5.76. The van der Waals surface area contributed by atoms with E-state index in [0.29, 0.717) is 32.1 Å². The van der Waals surface area contributed by atoms with Gasteiger partial charge in [0, 0.05) is 45.4 Å². The molecule has 0 aliphatic carbocycles. The molecule has 3 heterocycles. The third kappa shape index (κ3) is 3.24. The predicted octanol–water partition coefficient (Wildman–Crippen LogP) is 1.98. The van der Waals surface area contributed by atoms with Gasteiger partial charge in [0.25, 0.3) is 0 Å². The largest absolute Gasteiger partial charge is 0.376 e. The molecule has 0 radical (unpaired) electrons. The van der Waals surface area contributed by atoms with Crippen molar-refractivity contribution in [3.8, 4) is 0 Å². The molecule has 1 spiro atoms. The first-order valence-corrected chi connectivity index (χ1v) is 8.80. The molecule has 1 amide bonds. The van der Waals surface area contributed by atoms with E-state index in [1.54, 1.807) is 0 Å². The zero-order valence-electron chi connectivity index (χ0n) is 15.2. The van der Waals surface area contributed by atoms with E-state index in [2.05, 4.69) is 18.8 Å². The summed E-state index contributed by atoms with van der Waals surface area (Å²) >= 11 is 0. The third-order valence-electron chi connectivity index (χ3n) is 5.03. The lowest BCUT2D eigenvalue weighted by Gasteiger charge is -2.34. The molecule has 1 saturated heterocycles. The maximum Gasteiger partial charge on any atom is 0.225 e. The molecule has 6 nitrogen and oxygen atoms in total. The number of aromatic nitrogens is 2. The molecular formula is C18H28N4O2. The van der Waals surface area contributed by atoms with Gasteiger partial charge in [-0.2, -0.15) is 0 Å². The van der Waals surface area contributed by atoms with Crippen molar-refractivity contribution in [2.24, 2.45) is 5.92 Å². The highest BCUT2D eigenvalue weighted by Gasteiger charge is 2.46. The van der Waals surface area contributed by atoms with Crippen LogP contribution in [0.25, 0.3) is 0 Å². The fourth-order valence-corrected chi connectivity index (χ4v) is 3.57. The van der Waals surface area contributed by atoms with Crippen molar-refractivity contribution in [2.45, 2.75) is 45.1 Å². The molecule has 24 heavy (non-hydrogen) atoms. The Labute approximate surface area is 144 Å². The topological polar surface area (TPSA) is 58.6 Å². The number of amides is 1. The second-order valence-electron chi connectivity index (χ2n) is 7.71. The molecule has 1 fully saturated rings. The summed E-state index contributed by atoms with van der Waals surface area (Å²) in [6.07, 6.45) is 4.37. The summed E-state index contributed by atoms with van der Waals surface area (Å²) in [7, 11) is 3.90. The maximum absolute atomic E-state index is 12.5. The van der Waals surface area contributed by atoms with Crippen LogP contribution in [-0.2, 0) is 21.6 Å². The highest BCUT2D eigenvalue weighted by atomic mass is 16.5. The lowest BCUT2D eigenvalue weighted by Crippen LogP contribution is -2.42. The van der Waals surface area contributed by atoms with Gasteiger partial charge < -0.3 is 14.5 Å². The van der Waals surface area contributed by atoms with Crippen molar-refractivity contribution in [3.05, 3.63) is 17.5 Å². The maximum atomic E-state index is 12.5.